The molecular formula is C31H21ClN2O5. The number of amides is 2. The van der Waals surface area contributed by atoms with Crippen LogP contribution in [0.3, 0.4) is 0 Å². The highest BCUT2D eigenvalue weighted by atomic mass is 35.5. The molecule has 0 bridgehead atoms. The summed E-state index contributed by atoms with van der Waals surface area (Å²) in [6, 6.07) is 29.2. The summed E-state index contributed by atoms with van der Waals surface area (Å²) < 4.78 is 7.05. The number of aryl methyl sites for hydroxylation is 1. The van der Waals surface area contributed by atoms with Crippen LogP contribution < -0.4 is 15.2 Å². The highest BCUT2D eigenvalue weighted by Crippen LogP contribution is 2.31. The second kappa shape index (κ2) is 10.8. The molecule has 5 rings (SSSR count). The Labute approximate surface area is 228 Å². The van der Waals surface area contributed by atoms with E-state index in [1.807, 2.05) is 0 Å². The SMILES string of the molecule is Cn1c(=O)c(C(=O)N(C(=O)c2ccccc2)c2ccc(Cl)cc2)c(OC(=O)c2ccccc2)c2ccccc21. The lowest BCUT2D eigenvalue weighted by Crippen LogP contribution is -2.41. The van der Waals surface area contributed by atoms with Gasteiger partial charge in [0, 0.05) is 23.0 Å². The number of anilines is 1. The first-order chi connectivity index (χ1) is 18.9. The van der Waals surface area contributed by atoms with Gasteiger partial charge in [0.2, 0.25) is 0 Å². The molecule has 8 heteroatoms. The van der Waals surface area contributed by atoms with Gasteiger partial charge in [-0.05, 0) is 60.7 Å². The molecule has 5 aromatic rings. The molecule has 0 saturated heterocycles. The fourth-order valence-corrected chi connectivity index (χ4v) is 4.35. The molecule has 192 valence electrons. The molecule has 0 aliphatic rings. The zero-order chi connectivity index (χ0) is 27.5. The van der Waals surface area contributed by atoms with E-state index in [1.165, 1.54) is 35.9 Å². The van der Waals surface area contributed by atoms with Crippen LogP contribution in [0.25, 0.3) is 10.9 Å². The molecule has 0 saturated carbocycles. The number of rotatable bonds is 5. The molecule has 7 nitrogen and oxygen atoms in total. The standard InChI is InChI=1S/C31H21ClN2O5/c1-33-25-15-9-8-14-24(25)27(39-31(38)21-12-6-3-7-13-21)26(29(33)36)30(37)34(23-18-16-22(32)17-19-23)28(35)20-10-4-2-5-11-20/h2-19H,1H3. The molecule has 2 amide bonds. The molecule has 0 radical (unpaired) electrons. The van der Waals surface area contributed by atoms with Gasteiger partial charge in [-0.15, -0.1) is 0 Å². The van der Waals surface area contributed by atoms with Crippen molar-refractivity contribution in [1.29, 1.82) is 0 Å². The van der Waals surface area contributed by atoms with Crippen LogP contribution in [-0.2, 0) is 7.05 Å². The van der Waals surface area contributed by atoms with E-state index in [0.717, 1.165) is 4.90 Å². The van der Waals surface area contributed by atoms with E-state index < -0.39 is 28.9 Å². The fraction of sp³-hybridized carbons (Fsp3) is 0.0323. The van der Waals surface area contributed by atoms with Gasteiger partial charge in [0.1, 0.15) is 5.56 Å². The summed E-state index contributed by atoms with van der Waals surface area (Å²) >= 11 is 6.06. The van der Waals surface area contributed by atoms with Gasteiger partial charge >= 0.3 is 5.97 Å². The van der Waals surface area contributed by atoms with Crippen molar-refractivity contribution in [2.75, 3.05) is 4.90 Å². The first kappa shape index (κ1) is 25.6. The number of carbonyl (C=O) groups excluding carboxylic acids is 3. The van der Waals surface area contributed by atoms with Crippen LogP contribution in [0.2, 0.25) is 5.02 Å². The van der Waals surface area contributed by atoms with Crippen molar-refractivity contribution in [3.63, 3.8) is 0 Å². The Morgan fingerprint density at radius 2 is 1.28 bits per heavy atom. The lowest BCUT2D eigenvalue weighted by molar-refractivity contribution is 0.0734. The Morgan fingerprint density at radius 3 is 1.92 bits per heavy atom. The van der Waals surface area contributed by atoms with Gasteiger partial charge in [0.15, 0.2) is 5.75 Å². The minimum atomic E-state index is -0.951. The summed E-state index contributed by atoms with van der Waals surface area (Å²) in [7, 11) is 1.51. The van der Waals surface area contributed by atoms with E-state index >= 15 is 0 Å². The number of imide groups is 1. The molecule has 4 aromatic carbocycles. The summed E-state index contributed by atoms with van der Waals surface area (Å²) in [6.45, 7) is 0. The van der Waals surface area contributed by atoms with Crippen LogP contribution in [0.15, 0.2) is 114 Å². The predicted molar refractivity (Wildman–Crippen MR) is 150 cm³/mol. The second-order valence-electron chi connectivity index (χ2n) is 8.63. The van der Waals surface area contributed by atoms with Gasteiger partial charge < -0.3 is 9.30 Å². The summed E-state index contributed by atoms with van der Waals surface area (Å²) in [5.74, 6) is -2.60. The monoisotopic (exact) mass is 536 g/mol. The van der Waals surface area contributed by atoms with Gasteiger partial charge in [0.25, 0.3) is 17.4 Å². The van der Waals surface area contributed by atoms with Crippen LogP contribution in [-0.4, -0.2) is 22.4 Å². The maximum absolute atomic E-state index is 14.3. The highest BCUT2D eigenvalue weighted by Gasteiger charge is 2.33. The molecule has 0 N–H and O–H groups in total. The van der Waals surface area contributed by atoms with Gasteiger partial charge in [-0.2, -0.15) is 0 Å². The Morgan fingerprint density at radius 1 is 0.718 bits per heavy atom. The van der Waals surface area contributed by atoms with Crippen molar-refractivity contribution in [2.24, 2.45) is 7.05 Å². The van der Waals surface area contributed by atoms with E-state index in [-0.39, 0.29) is 22.6 Å². The summed E-state index contributed by atoms with van der Waals surface area (Å²) in [5, 5.41) is 0.757. The van der Waals surface area contributed by atoms with Crippen LogP contribution in [0.4, 0.5) is 5.69 Å². The van der Waals surface area contributed by atoms with E-state index in [2.05, 4.69) is 0 Å². The van der Waals surface area contributed by atoms with Crippen molar-refractivity contribution in [1.82, 2.24) is 4.57 Å². The number of pyridine rings is 1. The van der Waals surface area contributed by atoms with Gasteiger partial charge in [-0.3, -0.25) is 14.4 Å². The van der Waals surface area contributed by atoms with Crippen LogP contribution in [0, 0.1) is 0 Å². The average molecular weight is 537 g/mol. The molecular weight excluding hydrogens is 516 g/mol. The maximum atomic E-state index is 14.3. The third-order valence-corrected chi connectivity index (χ3v) is 6.44. The summed E-state index contributed by atoms with van der Waals surface area (Å²) in [6.07, 6.45) is 0. The Kier molecular flexibility index (Phi) is 7.08. The topological polar surface area (TPSA) is 85.7 Å². The van der Waals surface area contributed by atoms with Crippen molar-refractivity contribution in [3.8, 4) is 5.75 Å². The molecule has 0 unspecified atom stereocenters. The van der Waals surface area contributed by atoms with Crippen molar-refractivity contribution >= 4 is 46.0 Å². The third kappa shape index (κ3) is 4.95. The quantitative estimate of drug-likeness (QED) is 0.206. The summed E-state index contributed by atoms with van der Waals surface area (Å²) in [5.41, 5.74) is -0.0953. The zero-order valence-corrected chi connectivity index (χ0v) is 21.5. The number of benzene rings is 4. The van der Waals surface area contributed by atoms with E-state index in [4.69, 9.17) is 16.3 Å². The van der Waals surface area contributed by atoms with Crippen molar-refractivity contribution < 1.29 is 19.1 Å². The second-order valence-corrected chi connectivity index (χ2v) is 9.07. The largest absolute Gasteiger partial charge is 0.421 e. The molecule has 0 atom stereocenters. The molecule has 39 heavy (non-hydrogen) atoms. The molecule has 0 aliphatic carbocycles. The van der Waals surface area contributed by atoms with Gasteiger partial charge in [0.05, 0.1) is 16.8 Å². The Balaban J connectivity index is 1.74. The molecule has 1 aromatic heterocycles. The molecule has 0 fully saturated rings. The summed E-state index contributed by atoms with van der Waals surface area (Å²) in [4.78, 5) is 55.7. The number of esters is 1. The van der Waals surface area contributed by atoms with Crippen LogP contribution in [0.1, 0.15) is 31.1 Å². The lowest BCUT2D eigenvalue weighted by Gasteiger charge is -2.23. The van der Waals surface area contributed by atoms with Crippen LogP contribution >= 0.6 is 11.6 Å². The zero-order valence-electron chi connectivity index (χ0n) is 20.7. The number of para-hydroxylation sites is 1. The number of fused-ring (bicyclic) bond motifs is 1. The number of halogens is 1. The number of aromatic nitrogens is 1. The number of hydrogen-bond acceptors (Lipinski definition) is 5. The lowest BCUT2D eigenvalue weighted by atomic mass is 10.1. The first-order valence-corrected chi connectivity index (χ1v) is 12.3. The average Bonchev–Trinajstić information content (AvgIpc) is 2.97. The molecule has 1 heterocycles. The minimum absolute atomic E-state index is 0.189. The van der Waals surface area contributed by atoms with Crippen molar-refractivity contribution in [3.05, 3.63) is 141 Å². The minimum Gasteiger partial charge on any atom is -0.421 e. The number of ether oxygens (including phenoxy) is 1. The third-order valence-electron chi connectivity index (χ3n) is 6.19. The number of nitrogens with zero attached hydrogens (tertiary/aromatic N) is 2. The van der Waals surface area contributed by atoms with E-state index in [9.17, 15) is 19.2 Å². The number of carbonyl (C=O) groups is 3. The fourth-order valence-electron chi connectivity index (χ4n) is 4.23. The van der Waals surface area contributed by atoms with Crippen molar-refractivity contribution in [2.45, 2.75) is 0 Å². The van der Waals surface area contributed by atoms with Crippen LogP contribution in [0.5, 0.6) is 5.75 Å². The van der Waals surface area contributed by atoms with E-state index in [1.54, 1.807) is 84.9 Å². The maximum Gasteiger partial charge on any atom is 0.343 e. The number of hydrogen-bond donors (Lipinski definition) is 0. The Bertz CT molecular complexity index is 1770. The molecule has 0 aliphatic heterocycles. The normalized spacial score (nSPS) is 10.7. The Hall–Kier alpha value is -5.01. The first-order valence-electron chi connectivity index (χ1n) is 11.9. The predicted octanol–water partition coefficient (Wildman–Crippen LogP) is 5.90. The highest BCUT2D eigenvalue weighted by molar-refractivity contribution is 6.31. The van der Waals surface area contributed by atoms with E-state index in [0.29, 0.717) is 15.9 Å². The van der Waals surface area contributed by atoms with Gasteiger partial charge in [-0.1, -0.05) is 60.1 Å². The smallest absolute Gasteiger partial charge is 0.343 e. The van der Waals surface area contributed by atoms with Gasteiger partial charge in [-0.25, -0.2) is 9.69 Å². The molecule has 0 spiro atoms.